The Bertz CT molecular complexity index is 983. The van der Waals surface area contributed by atoms with Gasteiger partial charge in [-0.15, -0.1) is 0 Å². The molecule has 3 rings (SSSR count). The van der Waals surface area contributed by atoms with Crippen molar-refractivity contribution in [2.75, 3.05) is 6.54 Å². The Balaban J connectivity index is 2.10. The molecule has 27 heavy (non-hydrogen) atoms. The van der Waals surface area contributed by atoms with E-state index in [1.165, 1.54) is 35.0 Å². The minimum Gasteiger partial charge on any atom is -0.351 e. The van der Waals surface area contributed by atoms with Crippen LogP contribution < -0.4 is 5.32 Å². The normalized spacial score (nSPS) is 10.6. The topological polar surface area (TPSA) is 90.1 Å². The Morgan fingerprint density at radius 2 is 1.96 bits per heavy atom. The van der Waals surface area contributed by atoms with E-state index in [0.717, 1.165) is 6.42 Å². The molecule has 1 heterocycles. The fourth-order valence-electron chi connectivity index (χ4n) is 2.57. The number of non-ortho nitro benzene ring substituents is 1. The maximum atomic E-state index is 13.2. The molecule has 0 radical (unpaired) electrons. The van der Waals surface area contributed by atoms with Crippen molar-refractivity contribution in [1.82, 2.24) is 15.1 Å². The van der Waals surface area contributed by atoms with Gasteiger partial charge in [0, 0.05) is 24.2 Å². The van der Waals surface area contributed by atoms with Gasteiger partial charge < -0.3 is 5.32 Å². The molecule has 0 aliphatic rings. The van der Waals surface area contributed by atoms with E-state index < -0.39 is 4.92 Å². The van der Waals surface area contributed by atoms with Crippen LogP contribution in [0.2, 0.25) is 0 Å². The van der Waals surface area contributed by atoms with Crippen molar-refractivity contribution in [3.05, 3.63) is 76.2 Å². The average molecular weight is 368 g/mol. The fourth-order valence-corrected chi connectivity index (χ4v) is 2.57. The number of carbonyl (C=O) groups is 1. The zero-order valence-corrected chi connectivity index (χ0v) is 14.6. The summed E-state index contributed by atoms with van der Waals surface area (Å²) < 4.78 is 14.5. The number of nitro benzene ring substituents is 1. The highest BCUT2D eigenvalue weighted by molar-refractivity contribution is 5.94. The van der Waals surface area contributed by atoms with Crippen molar-refractivity contribution in [3.63, 3.8) is 0 Å². The number of nitro groups is 1. The van der Waals surface area contributed by atoms with Gasteiger partial charge in [0.15, 0.2) is 0 Å². The fraction of sp³-hybridized carbons (Fsp3) is 0.158. The van der Waals surface area contributed by atoms with Crippen molar-refractivity contribution in [3.8, 4) is 16.9 Å². The second-order valence-corrected chi connectivity index (χ2v) is 5.87. The number of benzene rings is 2. The van der Waals surface area contributed by atoms with Crippen LogP contribution in [0, 0.1) is 15.9 Å². The second-order valence-electron chi connectivity index (χ2n) is 5.87. The minimum atomic E-state index is -0.509. The predicted molar refractivity (Wildman–Crippen MR) is 98.2 cm³/mol. The first-order chi connectivity index (χ1) is 13.0. The second kappa shape index (κ2) is 7.77. The van der Waals surface area contributed by atoms with E-state index in [2.05, 4.69) is 10.4 Å². The first kappa shape index (κ1) is 18.2. The molecule has 2 aromatic carbocycles. The Morgan fingerprint density at radius 1 is 1.22 bits per heavy atom. The third-order valence-corrected chi connectivity index (χ3v) is 3.90. The molecule has 1 aromatic heterocycles. The molecule has 3 aromatic rings. The highest BCUT2D eigenvalue weighted by atomic mass is 19.1. The van der Waals surface area contributed by atoms with Crippen LogP contribution in [0.3, 0.4) is 0 Å². The lowest BCUT2D eigenvalue weighted by Gasteiger charge is -2.07. The van der Waals surface area contributed by atoms with Crippen LogP contribution >= 0.6 is 0 Å². The van der Waals surface area contributed by atoms with Crippen LogP contribution in [0.5, 0.6) is 0 Å². The lowest BCUT2D eigenvalue weighted by Crippen LogP contribution is -2.26. The molecule has 138 valence electrons. The standard InChI is InChI=1S/C19H17FN4O3/c1-2-10-21-19(25)18-12-17(13-6-8-14(20)9-7-13)22-23(18)15-4-3-5-16(11-15)24(26)27/h3-9,11-12H,2,10H2,1H3,(H,21,25). The van der Waals surface area contributed by atoms with Gasteiger partial charge in [-0.3, -0.25) is 14.9 Å². The van der Waals surface area contributed by atoms with Crippen LogP contribution in [0.4, 0.5) is 10.1 Å². The number of halogens is 1. The average Bonchev–Trinajstić information content (AvgIpc) is 3.12. The summed E-state index contributed by atoms with van der Waals surface area (Å²) in [7, 11) is 0. The number of aromatic nitrogens is 2. The maximum Gasteiger partial charge on any atom is 0.271 e. The number of carbonyl (C=O) groups excluding carboxylic acids is 1. The molecule has 7 nitrogen and oxygen atoms in total. The monoisotopic (exact) mass is 368 g/mol. The van der Waals surface area contributed by atoms with E-state index in [1.54, 1.807) is 24.3 Å². The summed E-state index contributed by atoms with van der Waals surface area (Å²) in [6, 6.07) is 13.2. The number of hydrogen-bond acceptors (Lipinski definition) is 4. The SMILES string of the molecule is CCCNC(=O)c1cc(-c2ccc(F)cc2)nn1-c1cccc([N+](=O)[O-])c1. The lowest BCUT2D eigenvalue weighted by atomic mass is 10.1. The minimum absolute atomic E-state index is 0.105. The van der Waals surface area contributed by atoms with E-state index in [-0.39, 0.29) is 23.1 Å². The van der Waals surface area contributed by atoms with Gasteiger partial charge in [-0.25, -0.2) is 9.07 Å². The Labute approximate surface area is 154 Å². The summed E-state index contributed by atoms with van der Waals surface area (Å²) in [5, 5.41) is 18.3. The van der Waals surface area contributed by atoms with Crippen LogP contribution in [-0.2, 0) is 0 Å². The summed E-state index contributed by atoms with van der Waals surface area (Å²) in [6.07, 6.45) is 0.765. The zero-order chi connectivity index (χ0) is 19.4. The van der Waals surface area contributed by atoms with Crippen LogP contribution in [0.15, 0.2) is 54.6 Å². The van der Waals surface area contributed by atoms with Crippen LogP contribution in [0.25, 0.3) is 16.9 Å². The molecule has 1 N–H and O–H groups in total. The molecule has 0 unspecified atom stereocenters. The molecular weight excluding hydrogens is 351 g/mol. The summed E-state index contributed by atoms with van der Waals surface area (Å²) in [6.45, 7) is 2.42. The summed E-state index contributed by atoms with van der Waals surface area (Å²) in [5.41, 5.74) is 1.61. The van der Waals surface area contributed by atoms with Gasteiger partial charge in [0.05, 0.1) is 16.3 Å². The van der Waals surface area contributed by atoms with Crippen molar-refractivity contribution in [1.29, 1.82) is 0 Å². The number of nitrogens with one attached hydrogen (secondary N) is 1. The van der Waals surface area contributed by atoms with E-state index in [9.17, 15) is 19.3 Å². The molecule has 0 spiro atoms. The van der Waals surface area contributed by atoms with Crippen LogP contribution in [0.1, 0.15) is 23.8 Å². The smallest absolute Gasteiger partial charge is 0.271 e. The van der Waals surface area contributed by atoms with E-state index in [4.69, 9.17) is 0 Å². The molecule has 0 aliphatic heterocycles. The van der Waals surface area contributed by atoms with Gasteiger partial charge in [-0.1, -0.05) is 13.0 Å². The molecule has 0 aliphatic carbocycles. The highest BCUT2D eigenvalue weighted by Crippen LogP contribution is 2.24. The highest BCUT2D eigenvalue weighted by Gasteiger charge is 2.19. The molecule has 0 saturated carbocycles. The summed E-state index contributed by atoms with van der Waals surface area (Å²) >= 11 is 0. The number of hydrogen-bond donors (Lipinski definition) is 1. The van der Waals surface area contributed by atoms with Crippen molar-refractivity contribution in [2.24, 2.45) is 0 Å². The van der Waals surface area contributed by atoms with E-state index in [0.29, 0.717) is 23.5 Å². The Morgan fingerprint density at radius 3 is 2.63 bits per heavy atom. The first-order valence-electron chi connectivity index (χ1n) is 8.38. The Kier molecular flexibility index (Phi) is 5.25. The molecule has 0 bridgehead atoms. The quantitative estimate of drug-likeness (QED) is 0.530. The van der Waals surface area contributed by atoms with Crippen molar-refractivity contribution < 1.29 is 14.1 Å². The van der Waals surface area contributed by atoms with E-state index in [1.807, 2.05) is 6.92 Å². The van der Waals surface area contributed by atoms with Gasteiger partial charge in [-0.2, -0.15) is 5.10 Å². The molecule has 1 amide bonds. The zero-order valence-electron chi connectivity index (χ0n) is 14.6. The van der Waals surface area contributed by atoms with Gasteiger partial charge in [0.25, 0.3) is 11.6 Å². The largest absolute Gasteiger partial charge is 0.351 e. The molecular formula is C19H17FN4O3. The summed E-state index contributed by atoms with van der Waals surface area (Å²) in [5.74, 6) is -0.720. The molecule has 8 heteroatoms. The third-order valence-electron chi connectivity index (χ3n) is 3.90. The predicted octanol–water partition coefficient (Wildman–Crippen LogP) is 3.73. The van der Waals surface area contributed by atoms with E-state index >= 15 is 0 Å². The number of amides is 1. The maximum absolute atomic E-state index is 13.2. The number of nitrogens with zero attached hydrogens (tertiary/aromatic N) is 3. The Hall–Kier alpha value is -3.55. The number of rotatable bonds is 6. The van der Waals surface area contributed by atoms with Gasteiger partial charge >= 0.3 is 0 Å². The van der Waals surface area contributed by atoms with Crippen molar-refractivity contribution >= 4 is 11.6 Å². The van der Waals surface area contributed by atoms with Crippen LogP contribution in [-0.4, -0.2) is 27.2 Å². The van der Waals surface area contributed by atoms with Crippen molar-refractivity contribution in [2.45, 2.75) is 13.3 Å². The summed E-state index contributed by atoms with van der Waals surface area (Å²) in [4.78, 5) is 23.1. The lowest BCUT2D eigenvalue weighted by molar-refractivity contribution is -0.384. The molecule has 0 atom stereocenters. The first-order valence-corrected chi connectivity index (χ1v) is 8.38. The van der Waals surface area contributed by atoms with Gasteiger partial charge in [-0.05, 0) is 42.8 Å². The molecule has 0 saturated heterocycles. The molecule has 0 fully saturated rings. The van der Waals surface area contributed by atoms with Gasteiger partial charge in [0.2, 0.25) is 0 Å². The third kappa shape index (κ3) is 4.00. The van der Waals surface area contributed by atoms with Gasteiger partial charge in [0.1, 0.15) is 11.5 Å².